The van der Waals surface area contributed by atoms with Crippen LogP contribution in [0.25, 0.3) is 0 Å². The molecule has 2 heteroatoms. The molecule has 1 rings (SSSR count). The molecule has 0 unspecified atom stereocenters. The zero-order valence-corrected chi connectivity index (χ0v) is 9.44. The van der Waals surface area contributed by atoms with Gasteiger partial charge in [0.05, 0.1) is 11.4 Å². The Morgan fingerprint density at radius 2 is 2.20 bits per heavy atom. The third-order valence-electron chi connectivity index (χ3n) is 1.96. The minimum absolute atomic E-state index is 0.906. The second kappa shape index (κ2) is 5.91. The Morgan fingerprint density at radius 1 is 1.40 bits per heavy atom. The second-order valence-electron chi connectivity index (χ2n) is 3.21. The molecule has 0 saturated carbocycles. The topological polar surface area (TPSA) is 25.2 Å². The number of aromatic nitrogens is 1. The summed E-state index contributed by atoms with van der Waals surface area (Å²) in [6.07, 6.45) is 7.87. The average Bonchev–Trinajstić information content (AvgIpc) is 2.27. The quantitative estimate of drug-likeness (QED) is 0.544. The van der Waals surface area contributed by atoms with Crippen molar-refractivity contribution in [2.75, 3.05) is 7.05 Å². The summed E-state index contributed by atoms with van der Waals surface area (Å²) in [4.78, 5) is 8.49. The molecule has 0 atom stereocenters. The molecule has 0 aliphatic carbocycles. The number of rotatable bonds is 3. The first-order valence-corrected chi connectivity index (χ1v) is 4.97. The molecular formula is C13H16N2. The predicted octanol–water partition coefficient (Wildman–Crippen LogP) is 3.02. The van der Waals surface area contributed by atoms with E-state index in [1.54, 1.807) is 13.2 Å². The van der Waals surface area contributed by atoms with Crippen LogP contribution < -0.4 is 0 Å². The van der Waals surface area contributed by atoms with Crippen molar-refractivity contribution in [2.24, 2.45) is 4.99 Å². The van der Waals surface area contributed by atoms with Crippen LogP contribution in [-0.2, 0) is 0 Å². The monoisotopic (exact) mass is 200 g/mol. The van der Waals surface area contributed by atoms with Crippen molar-refractivity contribution in [3.05, 3.63) is 53.9 Å². The lowest BCUT2D eigenvalue weighted by atomic mass is 10.1. The maximum atomic E-state index is 4.26. The Balaban J connectivity index is 2.97. The van der Waals surface area contributed by atoms with Gasteiger partial charge in [-0.15, -0.1) is 0 Å². The maximum Gasteiger partial charge on any atom is 0.0881 e. The Bertz CT molecular complexity index is 386. The van der Waals surface area contributed by atoms with Crippen molar-refractivity contribution in [1.82, 2.24) is 4.98 Å². The molecule has 1 aromatic heterocycles. The van der Waals surface area contributed by atoms with Crippen molar-refractivity contribution in [3.63, 3.8) is 0 Å². The van der Waals surface area contributed by atoms with Gasteiger partial charge < -0.3 is 0 Å². The van der Waals surface area contributed by atoms with Gasteiger partial charge in [-0.2, -0.15) is 0 Å². The van der Waals surface area contributed by atoms with E-state index in [4.69, 9.17) is 0 Å². The molecule has 0 aliphatic rings. The minimum Gasteiger partial charge on any atom is -0.286 e. The first-order valence-electron chi connectivity index (χ1n) is 4.97. The lowest BCUT2D eigenvalue weighted by Crippen LogP contribution is -2.00. The third kappa shape index (κ3) is 3.50. The molecule has 0 aliphatic heterocycles. The highest BCUT2D eigenvalue weighted by Crippen LogP contribution is 2.03. The molecule has 1 aromatic rings. The fraction of sp³-hybridized carbons (Fsp3) is 0.231. The maximum absolute atomic E-state index is 4.26. The molecule has 2 nitrogen and oxygen atoms in total. The van der Waals surface area contributed by atoms with Gasteiger partial charge in [0.25, 0.3) is 0 Å². The molecule has 0 aromatic carbocycles. The van der Waals surface area contributed by atoms with E-state index >= 15 is 0 Å². The van der Waals surface area contributed by atoms with E-state index in [1.807, 2.05) is 50.3 Å². The zero-order chi connectivity index (χ0) is 11.1. The molecular weight excluding hydrogens is 184 g/mol. The Hall–Kier alpha value is -1.70. The lowest BCUT2D eigenvalue weighted by Gasteiger charge is -2.00. The van der Waals surface area contributed by atoms with Crippen LogP contribution in [0.2, 0.25) is 0 Å². The Kier molecular flexibility index (Phi) is 4.48. The highest BCUT2D eigenvalue weighted by Gasteiger charge is 1.99. The van der Waals surface area contributed by atoms with Gasteiger partial charge in [-0.1, -0.05) is 18.2 Å². The van der Waals surface area contributed by atoms with E-state index in [9.17, 15) is 0 Å². The fourth-order valence-corrected chi connectivity index (χ4v) is 1.29. The van der Waals surface area contributed by atoms with Crippen molar-refractivity contribution in [1.29, 1.82) is 0 Å². The molecule has 0 amide bonds. The molecule has 0 saturated heterocycles. The predicted molar refractivity (Wildman–Crippen MR) is 65.3 cm³/mol. The molecule has 0 radical (unpaired) electrons. The summed E-state index contributed by atoms with van der Waals surface area (Å²) in [5, 5.41) is 0. The summed E-state index contributed by atoms with van der Waals surface area (Å²) < 4.78 is 0. The van der Waals surface area contributed by atoms with Crippen LogP contribution in [0, 0.1) is 0 Å². The average molecular weight is 200 g/mol. The van der Waals surface area contributed by atoms with Gasteiger partial charge in [0.15, 0.2) is 0 Å². The first-order chi connectivity index (χ1) is 7.27. The van der Waals surface area contributed by atoms with Crippen LogP contribution in [0.3, 0.4) is 0 Å². The molecule has 0 fully saturated rings. The first kappa shape index (κ1) is 11.4. The van der Waals surface area contributed by atoms with Crippen molar-refractivity contribution >= 4 is 5.71 Å². The standard InChI is InChI=1S/C13H16N2/c1-4-7-11(2)10-13(14-3)12-8-5-6-9-15-12/h4-10H,1-3H3/b7-4-,11-10-,14-13?. The summed E-state index contributed by atoms with van der Waals surface area (Å²) in [7, 11) is 1.78. The molecule has 78 valence electrons. The summed E-state index contributed by atoms with van der Waals surface area (Å²) in [5.41, 5.74) is 2.99. The molecule has 1 heterocycles. The van der Waals surface area contributed by atoms with E-state index in [0.717, 1.165) is 11.4 Å². The Morgan fingerprint density at radius 3 is 2.73 bits per heavy atom. The van der Waals surface area contributed by atoms with Crippen molar-refractivity contribution < 1.29 is 0 Å². The van der Waals surface area contributed by atoms with Gasteiger partial charge in [0, 0.05) is 13.2 Å². The third-order valence-corrected chi connectivity index (χ3v) is 1.96. The van der Waals surface area contributed by atoms with E-state index in [-0.39, 0.29) is 0 Å². The number of hydrogen-bond acceptors (Lipinski definition) is 2. The molecule has 0 N–H and O–H groups in total. The fourth-order valence-electron chi connectivity index (χ4n) is 1.29. The van der Waals surface area contributed by atoms with Gasteiger partial charge >= 0.3 is 0 Å². The van der Waals surface area contributed by atoms with Crippen LogP contribution in [0.1, 0.15) is 19.5 Å². The van der Waals surface area contributed by atoms with Crippen LogP contribution in [-0.4, -0.2) is 17.7 Å². The summed E-state index contributed by atoms with van der Waals surface area (Å²) in [6, 6.07) is 5.83. The second-order valence-corrected chi connectivity index (χ2v) is 3.21. The minimum atomic E-state index is 0.906. The van der Waals surface area contributed by atoms with Gasteiger partial charge in [-0.05, 0) is 37.6 Å². The summed E-state index contributed by atoms with van der Waals surface area (Å²) >= 11 is 0. The summed E-state index contributed by atoms with van der Waals surface area (Å²) in [6.45, 7) is 4.05. The van der Waals surface area contributed by atoms with E-state index in [1.165, 1.54) is 5.57 Å². The smallest absolute Gasteiger partial charge is 0.0881 e. The van der Waals surface area contributed by atoms with Crippen molar-refractivity contribution in [3.8, 4) is 0 Å². The van der Waals surface area contributed by atoms with Gasteiger partial charge in [-0.25, -0.2) is 0 Å². The van der Waals surface area contributed by atoms with Crippen LogP contribution in [0.5, 0.6) is 0 Å². The van der Waals surface area contributed by atoms with E-state index in [0.29, 0.717) is 0 Å². The van der Waals surface area contributed by atoms with Crippen molar-refractivity contribution in [2.45, 2.75) is 13.8 Å². The summed E-state index contributed by atoms with van der Waals surface area (Å²) in [5.74, 6) is 0. The zero-order valence-electron chi connectivity index (χ0n) is 9.44. The highest BCUT2D eigenvalue weighted by atomic mass is 14.8. The molecule has 15 heavy (non-hydrogen) atoms. The van der Waals surface area contributed by atoms with Crippen LogP contribution >= 0.6 is 0 Å². The van der Waals surface area contributed by atoms with Gasteiger partial charge in [0.2, 0.25) is 0 Å². The normalized spacial score (nSPS) is 13.5. The molecule has 0 spiro atoms. The number of allylic oxidation sites excluding steroid dienone is 4. The highest BCUT2D eigenvalue weighted by molar-refractivity contribution is 6.07. The van der Waals surface area contributed by atoms with E-state index < -0.39 is 0 Å². The van der Waals surface area contributed by atoms with Gasteiger partial charge in [0.1, 0.15) is 0 Å². The van der Waals surface area contributed by atoms with Crippen LogP contribution in [0.15, 0.2) is 53.2 Å². The number of aliphatic imine (C=N–C) groups is 1. The largest absolute Gasteiger partial charge is 0.286 e. The number of hydrogen-bond donors (Lipinski definition) is 0. The van der Waals surface area contributed by atoms with Crippen LogP contribution in [0.4, 0.5) is 0 Å². The Labute approximate surface area is 91.1 Å². The number of pyridine rings is 1. The SMILES string of the molecule is C/C=C\C(C)=C/C(=NC)c1ccccn1. The molecule has 0 bridgehead atoms. The van der Waals surface area contributed by atoms with E-state index in [2.05, 4.69) is 9.98 Å². The lowest BCUT2D eigenvalue weighted by molar-refractivity contribution is 1.27. The van der Waals surface area contributed by atoms with Gasteiger partial charge in [-0.3, -0.25) is 9.98 Å². The number of nitrogens with zero attached hydrogens (tertiary/aromatic N) is 2.